The van der Waals surface area contributed by atoms with Crippen LogP contribution < -0.4 is 4.74 Å². The zero-order valence-corrected chi connectivity index (χ0v) is 24.0. The molecule has 2 nitrogen and oxygen atoms in total. The van der Waals surface area contributed by atoms with Crippen LogP contribution in [0.5, 0.6) is 5.75 Å². The van der Waals surface area contributed by atoms with Crippen LogP contribution >= 0.6 is 0 Å². The Bertz CT molecular complexity index is 1070. The average Bonchev–Trinajstić information content (AvgIpc) is 2.95. The Balaban J connectivity index is 1.44. The minimum Gasteiger partial charge on any atom is -0.464 e. The zero-order chi connectivity index (χ0) is 26.5. The Morgan fingerprint density at radius 3 is 2.34 bits per heavy atom. The molecule has 0 amide bonds. The summed E-state index contributed by atoms with van der Waals surface area (Å²) in [5.41, 5.74) is 4.29. The van der Waals surface area contributed by atoms with Crippen LogP contribution in [-0.4, -0.2) is 12.4 Å². The van der Waals surface area contributed by atoms with E-state index in [1.165, 1.54) is 48.8 Å². The van der Waals surface area contributed by atoms with Crippen molar-refractivity contribution in [2.45, 2.75) is 103 Å². The van der Waals surface area contributed by atoms with Crippen molar-refractivity contribution in [1.82, 2.24) is 0 Å². The summed E-state index contributed by atoms with van der Waals surface area (Å²) in [7, 11) is 0. The van der Waals surface area contributed by atoms with Gasteiger partial charge in [0.25, 0.3) is 0 Å². The lowest BCUT2D eigenvalue weighted by molar-refractivity contribution is -0.149. The van der Waals surface area contributed by atoms with Crippen LogP contribution in [0.2, 0.25) is 0 Å². The van der Waals surface area contributed by atoms with Gasteiger partial charge in [-0.1, -0.05) is 114 Å². The molecule has 38 heavy (non-hydrogen) atoms. The molecule has 5 rings (SSSR count). The van der Waals surface area contributed by atoms with E-state index in [1.54, 1.807) is 0 Å². The van der Waals surface area contributed by atoms with E-state index in [0.29, 0.717) is 29.6 Å². The van der Waals surface area contributed by atoms with Crippen molar-refractivity contribution < 1.29 is 9.47 Å². The SMILES string of the molecule is CCC(C)C(CC(C)C)c1ccc(OC(OC2CCCCC2)C2c3ccccc3CC3C=CC=CC32)cc1. The van der Waals surface area contributed by atoms with Gasteiger partial charge in [0.15, 0.2) is 0 Å². The topological polar surface area (TPSA) is 18.5 Å². The Labute approximate surface area is 231 Å². The number of ether oxygens (including phenoxy) is 2. The highest BCUT2D eigenvalue weighted by Gasteiger charge is 2.42. The smallest absolute Gasteiger partial charge is 0.207 e. The lowest BCUT2D eigenvalue weighted by Gasteiger charge is -2.42. The van der Waals surface area contributed by atoms with Crippen LogP contribution in [0, 0.1) is 23.7 Å². The van der Waals surface area contributed by atoms with Crippen molar-refractivity contribution in [1.29, 1.82) is 0 Å². The molecule has 3 aliphatic carbocycles. The van der Waals surface area contributed by atoms with Crippen molar-refractivity contribution >= 4 is 0 Å². The minimum absolute atomic E-state index is 0.182. The van der Waals surface area contributed by atoms with E-state index < -0.39 is 0 Å². The third-order valence-corrected chi connectivity index (χ3v) is 9.37. The van der Waals surface area contributed by atoms with Gasteiger partial charge in [0.2, 0.25) is 6.29 Å². The zero-order valence-electron chi connectivity index (χ0n) is 24.0. The maximum absolute atomic E-state index is 6.95. The van der Waals surface area contributed by atoms with Gasteiger partial charge in [-0.25, -0.2) is 0 Å². The molecular formula is C36H48O2. The Morgan fingerprint density at radius 2 is 1.61 bits per heavy atom. The van der Waals surface area contributed by atoms with Crippen molar-refractivity contribution in [3.63, 3.8) is 0 Å². The fourth-order valence-corrected chi connectivity index (χ4v) is 7.09. The summed E-state index contributed by atoms with van der Waals surface area (Å²) in [6.07, 6.45) is 18.9. The predicted molar refractivity (Wildman–Crippen MR) is 159 cm³/mol. The fraction of sp³-hybridized carbons (Fsp3) is 0.556. The van der Waals surface area contributed by atoms with Gasteiger partial charge in [-0.3, -0.25) is 0 Å². The van der Waals surface area contributed by atoms with E-state index in [9.17, 15) is 0 Å². The summed E-state index contributed by atoms with van der Waals surface area (Å²) in [6, 6.07) is 18.0. The lowest BCUT2D eigenvalue weighted by atomic mass is 9.67. The van der Waals surface area contributed by atoms with Gasteiger partial charge in [-0.05, 0) is 84.1 Å². The number of hydrogen-bond acceptors (Lipinski definition) is 2. The van der Waals surface area contributed by atoms with Crippen LogP contribution in [0.15, 0.2) is 72.8 Å². The van der Waals surface area contributed by atoms with Gasteiger partial charge in [0, 0.05) is 0 Å². The summed E-state index contributed by atoms with van der Waals surface area (Å²) in [5, 5.41) is 0. The van der Waals surface area contributed by atoms with Gasteiger partial charge in [-0.15, -0.1) is 0 Å². The summed E-state index contributed by atoms with van der Waals surface area (Å²) in [6.45, 7) is 9.38. The van der Waals surface area contributed by atoms with Crippen LogP contribution in [0.25, 0.3) is 0 Å². The van der Waals surface area contributed by atoms with E-state index >= 15 is 0 Å². The summed E-state index contributed by atoms with van der Waals surface area (Å²) >= 11 is 0. The number of benzene rings is 2. The van der Waals surface area contributed by atoms with Crippen LogP contribution in [0.3, 0.4) is 0 Å². The summed E-state index contributed by atoms with van der Waals surface area (Å²) in [4.78, 5) is 0. The van der Waals surface area contributed by atoms with Crippen molar-refractivity contribution in [3.05, 3.63) is 89.5 Å². The standard InChI is InChI=1S/C36H48O2/c1-5-26(4)34(23-25(2)3)27-19-21-31(22-20-27)38-36(37-30-15-7-6-8-16-30)35-32-17-11-9-13-28(32)24-29-14-10-12-18-33(29)35/h9-14,17-22,25-26,28,30,32,34-36H,5-8,15-16,23-24H2,1-4H3. The first kappa shape index (κ1) is 27.3. The quantitative estimate of drug-likeness (QED) is 0.295. The van der Waals surface area contributed by atoms with Crippen molar-refractivity contribution in [2.75, 3.05) is 0 Å². The Kier molecular flexibility index (Phi) is 9.10. The van der Waals surface area contributed by atoms with Crippen molar-refractivity contribution in [3.8, 4) is 5.75 Å². The maximum atomic E-state index is 6.95. The normalized spacial score (nSPS) is 25.4. The van der Waals surface area contributed by atoms with Gasteiger partial charge >= 0.3 is 0 Å². The molecule has 1 fully saturated rings. The number of hydrogen-bond donors (Lipinski definition) is 0. The first-order valence-corrected chi connectivity index (χ1v) is 15.4. The predicted octanol–water partition coefficient (Wildman–Crippen LogP) is 9.61. The minimum atomic E-state index is -0.296. The highest BCUT2D eigenvalue weighted by molar-refractivity contribution is 5.39. The molecule has 0 saturated heterocycles. The molecule has 6 unspecified atom stereocenters. The lowest BCUT2D eigenvalue weighted by Crippen LogP contribution is -2.41. The molecule has 0 spiro atoms. The van der Waals surface area contributed by atoms with E-state index in [-0.39, 0.29) is 18.3 Å². The molecule has 2 aromatic rings. The maximum Gasteiger partial charge on any atom is 0.207 e. The summed E-state index contributed by atoms with van der Waals surface area (Å²) in [5.74, 6) is 3.95. The monoisotopic (exact) mass is 512 g/mol. The number of allylic oxidation sites excluding steroid dienone is 4. The second kappa shape index (κ2) is 12.7. The highest BCUT2D eigenvalue weighted by atomic mass is 16.7. The van der Waals surface area contributed by atoms with Gasteiger partial charge in [0.05, 0.1) is 12.0 Å². The molecule has 0 N–H and O–H groups in total. The van der Waals surface area contributed by atoms with Gasteiger partial charge in [-0.2, -0.15) is 0 Å². The molecule has 0 aromatic heterocycles. The molecule has 2 aromatic carbocycles. The molecule has 1 saturated carbocycles. The largest absolute Gasteiger partial charge is 0.464 e. The number of fused-ring (bicyclic) bond motifs is 2. The second-order valence-corrected chi connectivity index (χ2v) is 12.5. The van der Waals surface area contributed by atoms with Gasteiger partial charge in [0.1, 0.15) is 5.75 Å². The van der Waals surface area contributed by atoms with Crippen LogP contribution in [-0.2, 0) is 11.2 Å². The molecule has 0 radical (unpaired) electrons. The molecule has 6 atom stereocenters. The van der Waals surface area contributed by atoms with Crippen LogP contribution in [0.4, 0.5) is 0 Å². The average molecular weight is 513 g/mol. The Morgan fingerprint density at radius 1 is 0.868 bits per heavy atom. The molecule has 0 heterocycles. The van der Waals surface area contributed by atoms with Crippen LogP contribution in [0.1, 0.15) is 101 Å². The first-order valence-electron chi connectivity index (χ1n) is 15.4. The molecule has 3 aliphatic rings. The van der Waals surface area contributed by atoms with E-state index in [2.05, 4.69) is 101 Å². The van der Waals surface area contributed by atoms with Crippen molar-refractivity contribution in [2.24, 2.45) is 23.7 Å². The second-order valence-electron chi connectivity index (χ2n) is 12.5. The summed E-state index contributed by atoms with van der Waals surface area (Å²) < 4.78 is 13.8. The highest BCUT2D eigenvalue weighted by Crippen LogP contribution is 2.46. The molecular weight excluding hydrogens is 464 g/mol. The first-order chi connectivity index (χ1) is 18.5. The van der Waals surface area contributed by atoms with E-state index in [1.807, 2.05) is 0 Å². The molecule has 0 aliphatic heterocycles. The van der Waals surface area contributed by atoms with Gasteiger partial charge < -0.3 is 9.47 Å². The fourth-order valence-electron chi connectivity index (χ4n) is 7.09. The molecule has 204 valence electrons. The molecule has 2 heteroatoms. The number of rotatable bonds is 10. The third kappa shape index (κ3) is 6.28. The third-order valence-electron chi connectivity index (χ3n) is 9.37. The Hall–Kier alpha value is -2.32. The molecule has 0 bridgehead atoms. The van der Waals surface area contributed by atoms with E-state index in [4.69, 9.17) is 9.47 Å². The van der Waals surface area contributed by atoms with E-state index in [0.717, 1.165) is 25.0 Å².